The van der Waals surface area contributed by atoms with Crippen molar-refractivity contribution < 1.29 is 4.79 Å². The highest BCUT2D eigenvalue weighted by Crippen LogP contribution is 2.29. The molecule has 5 nitrogen and oxygen atoms in total. The molecule has 18 heavy (non-hydrogen) atoms. The monoisotopic (exact) mass is 250 g/mol. The highest BCUT2D eigenvalue weighted by atomic mass is 16.2. The van der Waals surface area contributed by atoms with Gasteiger partial charge in [-0.1, -0.05) is 20.3 Å². The van der Waals surface area contributed by atoms with Crippen molar-refractivity contribution >= 4 is 11.6 Å². The van der Waals surface area contributed by atoms with E-state index >= 15 is 0 Å². The highest BCUT2D eigenvalue weighted by molar-refractivity contribution is 5.98. The maximum Gasteiger partial charge on any atom is 0.276 e. The number of aromatic nitrogens is 2. The van der Waals surface area contributed by atoms with Gasteiger partial charge >= 0.3 is 0 Å². The Balaban J connectivity index is 2.16. The van der Waals surface area contributed by atoms with Crippen molar-refractivity contribution in [3.8, 4) is 0 Å². The number of nitrogens with zero attached hydrogens (tertiary/aromatic N) is 2. The molecule has 0 unspecified atom stereocenters. The van der Waals surface area contributed by atoms with E-state index in [0.29, 0.717) is 17.4 Å². The van der Waals surface area contributed by atoms with E-state index in [-0.39, 0.29) is 5.91 Å². The van der Waals surface area contributed by atoms with Gasteiger partial charge in [-0.05, 0) is 25.7 Å². The number of hydrogen-bond donors (Lipinski definition) is 2. The predicted octanol–water partition coefficient (Wildman–Crippen LogP) is 1.96. The Bertz CT molecular complexity index is 423. The van der Waals surface area contributed by atoms with Gasteiger partial charge in [-0.3, -0.25) is 9.89 Å². The molecule has 0 saturated heterocycles. The molecule has 1 aliphatic carbocycles. The summed E-state index contributed by atoms with van der Waals surface area (Å²) >= 11 is 0. The number of anilines is 1. The molecule has 1 amide bonds. The third-order valence-electron chi connectivity index (χ3n) is 3.30. The molecule has 5 heteroatoms. The van der Waals surface area contributed by atoms with Gasteiger partial charge in [0.15, 0.2) is 5.69 Å². The van der Waals surface area contributed by atoms with E-state index in [2.05, 4.69) is 24.0 Å². The number of hydrogen-bond acceptors (Lipinski definition) is 3. The number of nitrogen functional groups attached to an aromatic ring is 1. The average Bonchev–Trinajstić information content (AvgIpc) is 3.13. The second-order valence-corrected chi connectivity index (χ2v) is 4.94. The molecule has 0 spiro atoms. The van der Waals surface area contributed by atoms with Crippen LogP contribution in [0.1, 0.15) is 55.7 Å². The molecule has 1 aliphatic rings. The molecule has 3 N–H and O–H groups in total. The van der Waals surface area contributed by atoms with E-state index in [9.17, 15) is 4.79 Å². The number of nitrogens with one attached hydrogen (secondary N) is 1. The summed E-state index contributed by atoms with van der Waals surface area (Å²) in [5, 5.41) is 7.00. The van der Waals surface area contributed by atoms with Crippen LogP contribution in [0.4, 0.5) is 5.69 Å². The molecule has 100 valence electrons. The molecule has 2 rings (SSSR count). The summed E-state index contributed by atoms with van der Waals surface area (Å²) in [5.41, 5.74) is 7.82. The van der Waals surface area contributed by atoms with E-state index in [1.54, 1.807) is 0 Å². The highest BCUT2D eigenvalue weighted by Gasteiger charge is 2.34. The van der Waals surface area contributed by atoms with Crippen molar-refractivity contribution in [2.75, 3.05) is 12.3 Å². The van der Waals surface area contributed by atoms with Crippen LogP contribution in [0.3, 0.4) is 0 Å². The Labute approximate surface area is 108 Å². The number of carbonyl (C=O) groups is 1. The summed E-state index contributed by atoms with van der Waals surface area (Å²) < 4.78 is 0. The summed E-state index contributed by atoms with van der Waals surface area (Å²) in [5.74, 6) is -0.0181. The average molecular weight is 250 g/mol. The Morgan fingerprint density at radius 2 is 2.17 bits per heavy atom. The molecule has 1 saturated carbocycles. The van der Waals surface area contributed by atoms with Crippen LogP contribution in [-0.2, 0) is 6.42 Å². The summed E-state index contributed by atoms with van der Waals surface area (Å²) in [6.45, 7) is 4.95. The first-order valence-corrected chi connectivity index (χ1v) is 6.82. The smallest absolute Gasteiger partial charge is 0.276 e. The fraction of sp³-hybridized carbons (Fsp3) is 0.692. The number of amides is 1. The summed E-state index contributed by atoms with van der Waals surface area (Å²) in [7, 11) is 0. The van der Waals surface area contributed by atoms with Crippen molar-refractivity contribution in [2.45, 2.75) is 52.0 Å². The van der Waals surface area contributed by atoms with E-state index < -0.39 is 0 Å². The molecule has 1 fully saturated rings. The lowest BCUT2D eigenvalue weighted by molar-refractivity contribution is 0.0738. The zero-order chi connectivity index (χ0) is 13.1. The number of carbonyl (C=O) groups excluding carboxylic acids is 1. The van der Waals surface area contributed by atoms with Gasteiger partial charge in [-0.15, -0.1) is 0 Å². The van der Waals surface area contributed by atoms with Gasteiger partial charge < -0.3 is 10.6 Å². The first-order valence-electron chi connectivity index (χ1n) is 6.82. The van der Waals surface area contributed by atoms with Crippen molar-refractivity contribution in [2.24, 2.45) is 0 Å². The molecule has 1 aromatic heterocycles. The molecule has 0 radical (unpaired) electrons. The number of rotatable bonds is 6. The maximum absolute atomic E-state index is 12.4. The second kappa shape index (κ2) is 5.42. The first-order chi connectivity index (χ1) is 8.69. The molecule has 0 bridgehead atoms. The molecule has 0 aliphatic heterocycles. The maximum atomic E-state index is 12.4. The van der Waals surface area contributed by atoms with E-state index in [1.165, 1.54) is 0 Å². The van der Waals surface area contributed by atoms with Crippen molar-refractivity contribution in [3.05, 3.63) is 11.4 Å². The molecule has 1 heterocycles. The Morgan fingerprint density at radius 1 is 1.44 bits per heavy atom. The van der Waals surface area contributed by atoms with Gasteiger partial charge in [0.25, 0.3) is 5.91 Å². The van der Waals surface area contributed by atoms with Crippen molar-refractivity contribution in [3.63, 3.8) is 0 Å². The van der Waals surface area contributed by atoms with Crippen LogP contribution in [-0.4, -0.2) is 33.6 Å². The minimum absolute atomic E-state index is 0.0181. The Hall–Kier alpha value is -1.52. The minimum Gasteiger partial charge on any atom is -0.395 e. The lowest BCUT2D eigenvalue weighted by Crippen LogP contribution is -2.34. The van der Waals surface area contributed by atoms with E-state index in [4.69, 9.17) is 5.73 Å². The van der Waals surface area contributed by atoms with Gasteiger partial charge in [-0.25, -0.2) is 0 Å². The van der Waals surface area contributed by atoms with Crippen LogP contribution < -0.4 is 5.73 Å². The van der Waals surface area contributed by atoms with Crippen molar-refractivity contribution in [1.82, 2.24) is 15.1 Å². The molecule has 0 aromatic carbocycles. The lowest BCUT2D eigenvalue weighted by atomic mass is 10.2. The van der Waals surface area contributed by atoms with Crippen LogP contribution in [0, 0.1) is 0 Å². The van der Waals surface area contributed by atoms with E-state index in [1.807, 2.05) is 4.90 Å². The summed E-state index contributed by atoms with van der Waals surface area (Å²) in [6, 6.07) is 0.406. The SMILES string of the molecule is CCCc1[nH]nc(C(=O)N(CCC)C2CC2)c1N. The normalized spacial score (nSPS) is 14.8. The fourth-order valence-corrected chi connectivity index (χ4v) is 2.20. The standard InChI is InChI=1S/C13H22N4O/c1-3-5-10-11(14)12(16-15-10)13(18)17(8-4-2)9-6-7-9/h9H,3-8,14H2,1-2H3,(H,15,16). The second-order valence-electron chi connectivity index (χ2n) is 4.94. The largest absolute Gasteiger partial charge is 0.395 e. The summed E-state index contributed by atoms with van der Waals surface area (Å²) in [6.07, 6.45) is 5.01. The Kier molecular flexibility index (Phi) is 3.89. The minimum atomic E-state index is -0.0181. The number of aryl methyl sites for hydroxylation is 1. The zero-order valence-corrected chi connectivity index (χ0v) is 11.2. The van der Waals surface area contributed by atoms with Crippen LogP contribution in [0.25, 0.3) is 0 Å². The first kappa shape index (κ1) is 12.9. The van der Waals surface area contributed by atoms with Crippen LogP contribution in [0.5, 0.6) is 0 Å². The number of H-pyrrole nitrogens is 1. The fourth-order valence-electron chi connectivity index (χ4n) is 2.20. The molecular formula is C13H22N4O. The van der Waals surface area contributed by atoms with Gasteiger partial charge in [-0.2, -0.15) is 5.10 Å². The topological polar surface area (TPSA) is 75.0 Å². The van der Waals surface area contributed by atoms with Gasteiger partial charge in [0.1, 0.15) is 0 Å². The number of nitrogens with two attached hydrogens (primary N) is 1. The Morgan fingerprint density at radius 3 is 2.72 bits per heavy atom. The van der Waals surface area contributed by atoms with Gasteiger partial charge in [0.2, 0.25) is 0 Å². The quantitative estimate of drug-likeness (QED) is 0.810. The molecule has 1 aromatic rings. The van der Waals surface area contributed by atoms with Crippen LogP contribution in [0.15, 0.2) is 0 Å². The zero-order valence-electron chi connectivity index (χ0n) is 11.2. The van der Waals surface area contributed by atoms with Crippen molar-refractivity contribution in [1.29, 1.82) is 0 Å². The number of aromatic amines is 1. The summed E-state index contributed by atoms with van der Waals surface area (Å²) in [4.78, 5) is 14.3. The van der Waals surface area contributed by atoms with Gasteiger partial charge in [0.05, 0.1) is 11.4 Å². The lowest BCUT2D eigenvalue weighted by Gasteiger charge is -2.20. The third-order valence-corrected chi connectivity index (χ3v) is 3.30. The molecule has 0 atom stereocenters. The van der Waals surface area contributed by atoms with Crippen LogP contribution in [0.2, 0.25) is 0 Å². The van der Waals surface area contributed by atoms with E-state index in [0.717, 1.165) is 44.3 Å². The predicted molar refractivity (Wildman–Crippen MR) is 71.3 cm³/mol. The third kappa shape index (κ3) is 2.49. The van der Waals surface area contributed by atoms with Gasteiger partial charge in [0, 0.05) is 12.6 Å². The van der Waals surface area contributed by atoms with Crippen LogP contribution >= 0.6 is 0 Å². The molecular weight excluding hydrogens is 228 g/mol.